The lowest BCUT2D eigenvalue weighted by Crippen LogP contribution is -2.29. The first-order valence-corrected chi connectivity index (χ1v) is 6.43. The summed E-state index contributed by atoms with van der Waals surface area (Å²) >= 11 is 5.98. The number of nitrogens with one attached hydrogen (secondary N) is 1. The lowest BCUT2D eigenvalue weighted by atomic mass is 10.2. The molecule has 19 heavy (non-hydrogen) atoms. The van der Waals surface area contributed by atoms with E-state index in [4.69, 9.17) is 11.6 Å². The molecule has 0 aliphatic heterocycles. The number of carbonyl (C=O) groups is 1. The second-order valence-corrected chi connectivity index (χ2v) is 4.62. The Labute approximate surface area is 115 Å². The molecule has 0 aliphatic carbocycles. The molecule has 1 unspecified atom stereocenters. The molecule has 0 bridgehead atoms. The Morgan fingerprint density at radius 3 is 2.53 bits per heavy atom. The highest BCUT2D eigenvalue weighted by Crippen LogP contribution is 2.15. The van der Waals surface area contributed by atoms with Gasteiger partial charge in [0.25, 0.3) is 5.91 Å². The molecule has 1 aromatic rings. The van der Waals surface area contributed by atoms with Crippen LogP contribution in [-0.4, -0.2) is 24.4 Å². The predicted octanol–water partition coefficient (Wildman–Crippen LogP) is 3.43. The normalized spacial score (nSPS) is 12.3. The Balaban J connectivity index is 2.48. The van der Waals surface area contributed by atoms with Crippen LogP contribution >= 0.6 is 11.6 Å². The molecule has 1 rings (SSSR count). The van der Waals surface area contributed by atoms with Crippen molar-refractivity contribution in [3.63, 3.8) is 0 Å². The smallest absolute Gasteiger partial charge is 0.387 e. The molecule has 1 amide bonds. The third kappa shape index (κ3) is 5.87. The molecular formula is C13H16ClF2NO2. The standard InChI is InChI=1S/C13H16ClF2NO2/c1-2-3-10(14)8-17-12(18)9-4-6-11(7-5-9)19-13(15)16/h4-7,10,13H,2-3,8H2,1H3,(H,17,18). The van der Waals surface area contributed by atoms with Crippen LogP contribution in [0.1, 0.15) is 30.1 Å². The van der Waals surface area contributed by atoms with Gasteiger partial charge in [-0.05, 0) is 30.7 Å². The molecule has 0 aromatic heterocycles. The number of rotatable bonds is 7. The molecule has 1 N–H and O–H groups in total. The number of carbonyl (C=O) groups excluding carboxylic acids is 1. The highest BCUT2D eigenvalue weighted by molar-refractivity contribution is 6.20. The van der Waals surface area contributed by atoms with Crippen molar-refractivity contribution in [3.8, 4) is 5.75 Å². The van der Waals surface area contributed by atoms with E-state index >= 15 is 0 Å². The second-order valence-electron chi connectivity index (χ2n) is 4.00. The van der Waals surface area contributed by atoms with Crippen molar-refractivity contribution in [1.82, 2.24) is 5.32 Å². The van der Waals surface area contributed by atoms with Crippen LogP contribution in [0.15, 0.2) is 24.3 Å². The van der Waals surface area contributed by atoms with Crippen LogP contribution in [0.25, 0.3) is 0 Å². The maximum absolute atomic E-state index is 11.9. The van der Waals surface area contributed by atoms with E-state index in [1.165, 1.54) is 24.3 Å². The minimum atomic E-state index is -2.87. The number of hydrogen-bond acceptors (Lipinski definition) is 2. The minimum Gasteiger partial charge on any atom is -0.435 e. The number of benzene rings is 1. The summed E-state index contributed by atoms with van der Waals surface area (Å²) in [6.07, 6.45) is 1.77. The first-order chi connectivity index (χ1) is 9.02. The third-order valence-electron chi connectivity index (χ3n) is 2.43. The lowest BCUT2D eigenvalue weighted by molar-refractivity contribution is -0.0498. The van der Waals surface area contributed by atoms with Gasteiger partial charge in [0.2, 0.25) is 0 Å². The molecule has 0 aliphatic rings. The second kappa shape index (κ2) is 7.94. The van der Waals surface area contributed by atoms with Crippen LogP contribution in [0.5, 0.6) is 5.75 Å². The highest BCUT2D eigenvalue weighted by Gasteiger charge is 2.09. The predicted molar refractivity (Wildman–Crippen MR) is 70.0 cm³/mol. The van der Waals surface area contributed by atoms with E-state index in [9.17, 15) is 13.6 Å². The monoisotopic (exact) mass is 291 g/mol. The Hall–Kier alpha value is -1.36. The van der Waals surface area contributed by atoms with Crippen molar-refractivity contribution in [2.24, 2.45) is 0 Å². The Morgan fingerprint density at radius 1 is 1.37 bits per heavy atom. The topological polar surface area (TPSA) is 38.3 Å². The van der Waals surface area contributed by atoms with Gasteiger partial charge in [-0.1, -0.05) is 13.3 Å². The van der Waals surface area contributed by atoms with Crippen molar-refractivity contribution < 1.29 is 18.3 Å². The molecule has 6 heteroatoms. The van der Waals surface area contributed by atoms with Crippen molar-refractivity contribution in [3.05, 3.63) is 29.8 Å². The van der Waals surface area contributed by atoms with Gasteiger partial charge in [-0.3, -0.25) is 4.79 Å². The first kappa shape index (κ1) is 15.7. The van der Waals surface area contributed by atoms with Crippen LogP contribution in [-0.2, 0) is 0 Å². The Kier molecular flexibility index (Phi) is 6.56. The maximum Gasteiger partial charge on any atom is 0.387 e. The zero-order valence-electron chi connectivity index (χ0n) is 10.5. The van der Waals surface area contributed by atoms with E-state index in [-0.39, 0.29) is 17.0 Å². The molecule has 0 saturated heterocycles. The number of ether oxygens (including phenoxy) is 1. The van der Waals surface area contributed by atoms with E-state index in [0.29, 0.717) is 12.1 Å². The lowest BCUT2D eigenvalue weighted by Gasteiger charge is -2.10. The maximum atomic E-state index is 11.9. The number of amides is 1. The molecule has 1 aromatic carbocycles. The molecule has 0 saturated carbocycles. The van der Waals surface area contributed by atoms with Gasteiger partial charge in [-0.2, -0.15) is 8.78 Å². The van der Waals surface area contributed by atoms with E-state index < -0.39 is 6.61 Å². The van der Waals surface area contributed by atoms with Gasteiger partial charge in [-0.15, -0.1) is 11.6 Å². The van der Waals surface area contributed by atoms with Gasteiger partial charge < -0.3 is 10.1 Å². The van der Waals surface area contributed by atoms with Crippen molar-refractivity contribution in [2.75, 3.05) is 6.54 Å². The van der Waals surface area contributed by atoms with Crippen LogP contribution < -0.4 is 10.1 Å². The van der Waals surface area contributed by atoms with Gasteiger partial charge in [0.1, 0.15) is 5.75 Å². The van der Waals surface area contributed by atoms with Crippen LogP contribution in [0.3, 0.4) is 0 Å². The zero-order valence-corrected chi connectivity index (χ0v) is 11.3. The summed E-state index contributed by atoms with van der Waals surface area (Å²) in [6, 6.07) is 5.50. The van der Waals surface area contributed by atoms with E-state index in [1.54, 1.807) is 0 Å². The van der Waals surface area contributed by atoms with E-state index in [1.807, 2.05) is 6.92 Å². The minimum absolute atomic E-state index is 0.0211. The third-order valence-corrected chi connectivity index (χ3v) is 2.80. The quantitative estimate of drug-likeness (QED) is 0.782. The molecular weight excluding hydrogens is 276 g/mol. The molecule has 0 fully saturated rings. The largest absolute Gasteiger partial charge is 0.435 e. The van der Waals surface area contributed by atoms with E-state index in [2.05, 4.69) is 10.1 Å². The number of hydrogen-bond donors (Lipinski definition) is 1. The number of halogens is 3. The summed E-state index contributed by atoms with van der Waals surface area (Å²) in [5.41, 5.74) is 0.377. The fourth-order valence-electron chi connectivity index (χ4n) is 1.51. The summed E-state index contributed by atoms with van der Waals surface area (Å²) < 4.78 is 28.1. The van der Waals surface area contributed by atoms with Gasteiger partial charge in [0, 0.05) is 12.1 Å². The highest BCUT2D eigenvalue weighted by atomic mass is 35.5. The molecule has 3 nitrogen and oxygen atoms in total. The summed E-state index contributed by atoms with van der Waals surface area (Å²) in [4.78, 5) is 11.7. The fourth-order valence-corrected chi connectivity index (χ4v) is 1.80. The first-order valence-electron chi connectivity index (χ1n) is 6.00. The SMILES string of the molecule is CCCC(Cl)CNC(=O)c1ccc(OC(F)F)cc1. The Morgan fingerprint density at radius 2 is 2.00 bits per heavy atom. The summed E-state index contributed by atoms with van der Waals surface area (Å²) in [6.45, 7) is -0.478. The van der Waals surface area contributed by atoms with E-state index in [0.717, 1.165) is 12.8 Å². The molecule has 106 valence electrons. The average molecular weight is 292 g/mol. The summed E-state index contributed by atoms with van der Waals surface area (Å²) in [5.74, 6) is -0.266. The van der Waals surface area contributed by atoms with Crippen molar-refractivity contribution in [1.29, 1.82) is 0 Å². The van der Waals surface area contributed by atoms with Gasteiger partial charge in [0.05, 0.1) is 5.38 Å². The molecule has 1 atom stereocenters. The average Bonchev–Trinajstić information content (AvgIpc) is 2.36. The number of alkyl halides is 3. The Bertz CT molecular complexity index is 398. The summed E-state index contributed by atoms with van der Waals surface area (Å²) in [5, 5.41) is 2.58. The van der Waals surface area contributed by atoms with Crippen LogP contribution in [0.4, 0.5) is 8.78 Å². The fraction of sp³-hybridized carbons (Fsp3) is 0.462. The zero-order chi connectivity index (χ0) is 14.3. The van der Waals surface area contributed by atoms with Crippen molar-refractivity contribution in [2.45, 2.75) is 31.8 Å². The van der Waals surface area contributed by atoms with Crippen molar-refractivity contribution >= 4 is 17.5 Å². The molecule has 0 spiro atoms. The van der Waals surface area contributed by atoms with Gasteiger partial charge in [-0.25, -0.2) is 0 Å². The molecule has 0 radical (unpaired) electrons. The summed E-state index contributed by atoms with van der Waals surface area (Å²) in [7, 11) is 0. The van der Waals surface area contributed by atoms with Gasteiger partial charge >= 0.3 is 6.61 Å². The van der Waals surface area contributed by atoms with Crippen LogP contribution in [0, 0.1) is 0 Å². The van der Waals surface area contributed by atoms with Gasteiger partial charge in [0.15, 0.2) is 0 Å². The van der Waals surface area contributed by atoms with Crippen LogP contribution in [0.2, 0.25) is 0 Å². The molecule has 0 heterocycles.